The summed E-state index contributed by atoms with van der Waals surface area (Å²) >= 11 is 0. The molecule has 0 aromatic carbocycles. The van der Waals surface area contributed by atoms with E-state index in [1.165, 1.54) is 16.7 Å². The molecule has 2 aliphatic heterocycles. The van der Waals surface area contributed by atoms with E-state index in [1.54, 1.807) is 4.68 Å². The van der Waals surface area contributed by atoms with Crippen LogP contribution in [0, 0.1) is 0 Å². The number of nitrogens with zero attached hydrogens (tertiary/aromatic N) is 3. The Morgan fingerprint density at radius 2 is 2.21 bits per heavy atom. The fourth-order valence-electron chi connectivity index (χ4n) is 3.24. The van der Waals surface area contributed by atoms with Crippen molar-refractivity contribution >= 4 is 19.9 Å². The van der Waals surface area contributed by atoms with Crippen LogP contribution in [0.15, 0.2) is 17.3 Å². The highest BCUT2D eigenvalue weighted by molar-refractivity contribution is 7.92. The molecule has 3 heterocycles. The van der Waals surface area contributed by atoms with Gasteiger partial charge in [0.2, 0.25) is 10.0 Å². The number of sulfone groups is 1. The molecule has 0 radical (unpaired) electrons. The number of aromatic nitrogens is 2. The van der Waals surface area contributed by atoms with Gasteiger partial charge in [-0.3, -0.25) is 4.68 Å². The second kappa shape index (κ2) is 6.74. The summed E-state index contributed by atoms with van der Waals surface area (Å²) in [4.78, 5) is 0.118. The van der Waals surface area contributed by atoms with Gasteiger partial charge in [0, 0.05) is 25.4 Å². The summed E-state index contributed by atoms with van der Waals surface area (Å²) in [5.74, 6) is -0.0527. The van der Waals surface area contributed by atoms with E-state index in [4.69, 9.17) is 4.74 Å². The molecule has 10 heteroatoms. The van der Waals surface area contributed by atoms with Gasteiger partial charge in [-0.15, -0.1) is 0 Å². The molecule has 0 bridgehead atoms. The summed E-state index contributed by atoms with van der Waals surface area (Å²) in [6.07, 6.45) is 4.66. The molecule has 0 unspecified atom stereocenters. The third-order valence-electron chi connectivity index (χ3n) is 4.52. The molecule has 1 aromatic heterocycles. The third-order valence-corrected chi connectivity index (χ3v) is 8.18. The molecule has 0 N–H and O–H groups in total. The van der Waals surface area contributed by atoms with Crippen LogP contribution < -0.4 is 0 Å². The molecule has 0 saturated carbocycles. The molecule has 2 aliphatic rings. The highest BCUT2D eigenvalue weighted by Crippen LogP contribution is 2.26. The lowest BCUT2D eigenvalue weighted by atomic mass is 10.2. The van der Waals surface area contributed by atoms with Crippen molar-refractivity contribution in [2.24, 2.45) is 0 Å². The van der Waals surface area contributed by atoms with Gasteiger partial charge in [0.15, 0.2) is 9.84 Å². The van der Waals surface area contributed by atoms with Crippen LogP contribution in [0.25, 0.3) is 0 Å². The predicted octanol–water partition coefficient (Wildman–Crippen LogP) is 0.432. The van der Waals surface area contributed by atoms with Gasteiger partial charge >= 0.3 is 0 Å². The van der Waals surface area contributed by atoms with Crippen molar-refractivity contribution < 1.29 is 21.6 Å². The lowest BCUT2D eigenvalue weighted by Crippen LogP contribution is -2.41. The van der Waals surface area contributed by atoms with Gasteiger partial charge in [0.05, 0.1) is 30.4 Å². The maximum Gasteiger partial charge on any atom is 0.246 e. The van der Waals surface area contributed by atoms with Crippen LogP contribution in [0.3, 0.4) is 0 Å². The molecule has 136 valence electrons. The minimum atomic E-state index is -3.76. The zero-order valence-electron chi connectivity index (χ0n) is 13.7. The van der Waals surface area contributed by atoms with Gasteiger partial charge in [0.1, 0.15) is 4.90 Å². The molecule has 2 saturated heterocycles. The summed E-state index contributed by atoms with van der Waals surface area (Å²) in [5, 5.41) is 4.17. The zero-order valence-corrected chi connectivity index (χ0v) is 15.3. The van der Waals surface area contributed by atoms with Crippen LogP contribution in [0.1, 0.15) is 32.2 Å². The molecule has 3 rings (SSSR count). The molecule has 0 amide bonds. The van der Waals surface area contributed by atoms with Gasteiger partial charge in [-0.1, -0.05) is 6.92 Å². The SMILES string of the molecule is CCCN([C@H]1CCS(=O)(=O)C1)S(=O)(=O)c1cnn([C@H]2CCOC2)c1. The van der Waals surface area contributed by atoms with E-state index in [9.17, 15) is 16.8 Å². The number of hydrogen-bond acceptors (Lipinski definition) is 6. The Hall–Kier alpha value is -0.970. The quantitative estimate of drug-likeness (QED) is 0.713. The first-order valence-corrected chi connectivity index (χ1v) is 11.4. The van der Waals surface area contributed by atoms with Gasteiger partial charge < -0.3 is 4.74 Å². The van der Waals surface area contributed by atoms with Crippen molar-refractivity contribution in [1.29, 1.82) is 0 Å². The summed E-state index contributed by atoms with van der Waals surface area (Å²) in [7, 11) is -6.91. The Morgan fingerprint density at radius 1 is 1.42 bits per heavy atom. The minimum absolute atomic E-state index is 0.0477. The van der Waals surface area contributed by atoms with Crippen molar-refractivity contribution in [2.75, 3.05) is 31.3 Å². The fraction of sp³-hybridized carbons (Fsp3) is 0.786. The Kier molecular flexibility index (Phi) is 5.01. The first-order chi connectivity index (χ1) is 11.3. The maximum atomic E-state index is 13.0. The smallest absolute Gasteiger partial charge is 0.246 e. The normalized spacial score (nSPS) is 27.1. The van der Waals surface area contributed by atoms with Gasteiger partial charge in [0.25, 0.3) is 0 Å². The lowest BCUT2D eigenvalue weighted by molar-refractivity contribution is 0.184. The highest BCUT2D eigenvalue weighted by atomic mass is 32.2. The minimum Gasteiger partial charge on any atom is -0.379 e. The molecule has 8 nitrogen and oxygen atoms in total. The monoisotopic (exact) mass is 377 g/mol. The van der Waals surface area contributed by atoms with Crippen molar-refractivity contribution in [3.8, 4) is 0 Å². The Labute approximate surface area is 142 Å². The molecule has 1 aromatic rings. The van der Waals surface area contributed by atoms with E-state index in [-0.39, 0.29) is 22.4 Å². The van der Waals surface area contributed by atoms with E-state index in [0.717, 1.165) is 6.42 Å². The molecule has 24 heavy (non-hydrogen) atoms. The Balaban J connectivity index is 1.86. The average molecular weight is 377 g/mol. The molecule has 2 fully saturated rings. The summed E-state index contributed by atoms with van der Waals surface area (Å²) in [6, 6.07) is -0.432. The number of sulfonamides is 1. The molecule has 0 spiro atoms. The summed E-state index contributed by atoms with van der Waals surface area (Å²) in [5.41, 5.74) is 0. The number of hydrogen-bond donors (Lipinski definition) is 0. The van der Waals surface area contributed by atoms with E-state index in [0.29, 0.717) is 32.6 Å². The first kappa shape index (κ1) is 17.8. The summed E-state index contributed by atoms with van der Waals surface area (Å²) < 4.78 is 57.7. The highest BCUT2D eigenvalue weighted by Gasteiger charge is 2.39. The van der Waals surface area contributed by atoms with E-state index < -0.39 is 25.9 Å². The van der Waals surface area contributed by atoms with Crippen LogP contribution in [-0.4, -0.2) is 68.2 Å². The third kappa shape index (κ3) is 3.51. The average Bonchev–Trinajstić information content (AvgIpc) is 3.24. The van der Waals surface area contributed by atoms with Crippen LogP contribution in [-0.2, 0) is 24.6 Å². The van der Waals surface area contributed by atoms with E-state index in [1.807, 2.05) is 6.92 Å². The largest absolute Gasteiger partial charge is 0.379 e. The standard InChI is InChI=1S/C14H23N3O5S2/c1-2-5-17(13-4-7-23(18,19)11-13)24(20,21)14-8-15-16(9-14)12-3-6-22-10-12/h8-9,12-13H,2-7,10-11H2,1H3/t12-,13-/m0/s1. The van der Waals surface area contributed by atoms with Crippen molar-refractivity contribution in [2.45, 2.75) is 43.2 Å². The topological polar surface area (TPSA) is 98.6 Å². The lowest BCUT2D eigenvalue weighted by Gasteiger charge is -2.26. The Bertz CT molecular complexity index is 781. The Morgan fingerprint density at radius 3 is 2.79 bits per heavy atom. The first-order valence-electron chi connectivity index (χ1n) is 8.17. The van der Waals surface area contributed by atoms with Crippen LogP contribution >= 0.6 is 0 Å². The van der Waals surface area contributed by atoms with Crippen molar-refractivity contribution in [1.82, 2.24) is 14.1 Å². The second-order valence-corrected chi connectivity index (χ2v) is 10.5. The van der Waals surface area contributed by atoms with E-state index in [2.05, 4.69) is 5.10 Å². The fourth-order valence-corrected chi connectivity index (χ4v) is 6.75. The second-order valence-electron chi connectivity index (χ2n) is 6.35. The van der Waals surface area contributed by atoms with Gasteiger partial charge in [-0.05, 0) is 19.3 Å². The molecule has 0 aliphatic carbocycles. The van der Waals surface area contributed by atoms with E-state index >= 15 is 0 Å². The van der Waals surface area contributed by atoms with Crippen LogP contribution in [0.2, 0.25) is 0 Å². The van der Waals surface area contributed by atoms with Crippen molar-refractivity contribution in [3.63, 3.8) is 0 Å². The predicted molar refractivity (Wildman–Crippen MR) is 87.9 cm³/mol. The van der Waals surface area contributed by atoms with Crippen LogP contribution in [0.5, 0.6) is 0 Å². The zero-order chi connectivity index (χ0) is 17.4. The molecular formula is C14H23N3O5S2. The maximum absolute atomic E-state index is 13.0. The van der Waals surface area contributed by atoms with Crippen molar-refractivity contribution in [3.05, 3.63) is 12.4 Å². The molecule has 2 atom stereocenters. The number of ether oxygens (including phenoxy) is 1. The van der Waals surface area contributed by atoms with Crippen LogP contribution in [0.4, 0.5) is 0 Å². The van der Waals surface area contributed by atoms with Gasteiger partial charge in [-0.25, -0.2) is 16.8 Å². The summed E-state index contributed by atoms with van der Waals surface area (Å²) in [6.45, 7) is 3.36. The number of rotatable bonds is 6. The molecular weight excluding hydrogens is 354 g/mol. The van der Waals surface area contributed by atoms with Gasteiger partial charge in [-0.2, -0.15) is 9.40 Å².